The maximum atomic E-state index is 12.7. The first kappa shape index (κ1) is 24.5. The number of benzene rings is 2. The van der Waals surface area contributed by atoms with Crippen LogP contribution >= 0.6 is 34.8 Å². The normalized spacial score (nSPS) is 19.5. The van der Waals surface area contributed by atoms with Gasteiger partial charge in [0.05, 0.1) is 16.5 Å². The molecule has 4 nitrogen and oxygen atoms in total. The Morgan fingerprint density at radius 2 is 1.69 bits per heavy atom. The van der Waals surface area contributed by atoms with Crippen molar-refractivity contribution in [1.82, 2.24) is 5.32 Å². The van der Waals surface area contributed by atoms with Gasteiger partial charge in [-0.1, -0.05) is 35.9 Å². The maximum absolute atomic E-state index is 12.7. The molecule has 1 fully saturated rings. The molecule has 0 saturated heterocycles. The number of carbonyl (C=O) groups excluding carboxylic acids is 2. The lowest BCUT2D eigenvalue weighted by molar-refractivity contribution is -0.123. The molecule has 1 aliphatic carbocycles. The summed E-state index contributed by atoms with van der Waals surface area (Å²) in [4.78, 5) is 24.7. The Balaban J connectivity index is 1.72. The summed E-state index contributed by atoms with van der Waals surface area (Å²) < 4.78 is 60.9. The van der Waals surface area contributed by atoms with Crippen molar-refractivity contribution in [2.45, 2.75) is 22.9 Å². The third-order valence-corrected chi connectivity index (χ3v) is 6.08. The van der Waals surface area contributed by atoms with Crippen molar-refractivity contribution in [1.29, 1.82) is 0 Å². The molecule has 172 valence electrons. The van der Waals surface area contributed by atoms with Crippen molar-refractivity contribution in [3.05, 3.63) is 64.2 Å². The minimum atomic E-state index is -4.60. The van der Waals surface area contributed by atoms with Gasteiger partial charge in [-0.25, -0.2) is 8.78 Å². The Kier molecular flexibility index (Phi) is 6.93. The number of hydrogen-bond donors (Lipinski definition) is 2. The van der Waals surface area contributed by atoms with Gasteiger partial charge in [0.2, 0.25) is 5.91 Å². The fraction of sp³-hybridized carbons (Fsp3) is 0.300. The molecule has 0 radical (unpaired) electrons. The molecule has 0 unspecified atom stereocenters. The van der Waals surface area contributed by atoms with Crippen LogP contribution in [0.4, 0.5) is 27.6 Å². The second kappa shape index (κ2) is 9.03. The molecule has 32 heavy (non-hydrogen) atoms. The number of rotatable bonds is 6. The Labute approximate surface area is 194 Å². The molecule has 3 rings (SSSR count). The zero-order chi connectivity index (χ0) is 23.8. The third kappa shape index (κ3) is 5.44. The van der Waals surface area contributed by atoms with Crippen LogP contribution in [-0.2, 0) is 4.79 Å². The smallest absolute Gasteiger partial charge is 0.343 e. The highest BCUT2D eigenvalue weighted by molar-refractivity contribution is 6.53. The van der Waals surface area contributed by atoms with Crippen molar-refractivity contribution in [3.63, 3.8) is 0 Å². The van der Waals surface area contributed by atoms with Crippen LogP contribution in [0.5, 0.6) is 0 Å². The quantitative estimate of drug-likeness (QED) is 0.361. The largest absolute Gasteiger partial charge is 0.405 e. The SMILES string of the molecule is O=C(NCC(F)(F)F)c1cc(NC(=O)[C@@H]2[C@@H](c3ccc(C(F)F)cc3)C2(Cl)Cl)ccc1Cl. The van der Waals surface area contributed by atoms with Crippen LogP contribution in [0.15, 0.2) is 42.5 Å². The molecule has 0 heterocycles. The van der Waals surface area contributed by atoms with Crippen LogP contribution in [0.1, 0.15) is 33.8 Å². The van der Waals surface area contributed by atoms with Gasteiger partial charge in [0.15, 0.2) is 0 Å². The van der Waals surface area contributed by atoms with Crippen LogP contribution in [-0.4, -0.2) is 28.9 Å². The summed E-state index contributed by atoms with van der Waals surface area (Å²) in [5.74, 6) is -3.29. The molecule has 12 heteroatoms. The molecule has 2 aromatic rings. The minimum Gasteiger partial charge on any atom is -0.343 e. The number of hydrogen-bond acceptors (Lipinski definition) is 2. The average Bonchev–Trinajstić information content (AvgIpc) is 3.29. The standard InChI is InChI=1S/C20H14Cl3F5N2O2/c21-13-6-5-11(7-12(13)17(31)29-8-19(26,27)28)30-18(32)15-14(20(15,22)23)9-1-3-10(4-2-9)16(24)25/h1-7,14-16H,8H2,(H,29,31)(H,30,32)/t14-,15+/m1/s1. The first-order chi connectivity index (χ1) is 14.8. The van der Waals surface area contributed by atoms with Gasteiger partial charge < -0.3 is 10.6 Å². The van der Waals surface area contributed by atoms with E-state index in [2.05, 4.69) is 5.32 Å². The molecule has 0 spiro atoms. The first-order valence-electron chi connectivity index (χ1n) is 9.02. The van der Waals surface area contributed by atoms with Gasteiger partial charge in [-0.3, -0.25) is 9.59 Å². The highest BCUT2D eigenvalue weighted by atomic mass is 35.5. The topological polar surface area (TPSA) is 58.2 Å². The highest BCUT2D eigenvalue weighted by Gasteiger charge is 2.67. The van der Waals surface area contributed by atoms with Crippen molar-refractivity contribution >= 4 is 52.3 Å². The molecule has 1 aliphatic rings. The average molecular weight is 516 g/mol. The van der Waals surface area contributed by atoms with Gasteiger partial charge in [-0.05, 0) is 23.8 Å². The molecule has 0 aromatic heterocycles. The molecule has 1 saturated carbocycles. The molecule has 2 atom stereocenters. The van der Waals surface area contributed by atoms with Crippen LogP contribution < -0.4 is 10.6 Å². The fourth-order valence-corrected chi connectivity index (χ4v) is 4.22. The number of alkyl halides is 7. The molecule has 0 aliphatic heterocycles. The zero-order valence-electron chi connectivity index (χ0n) is 15.8. The Morgan fingerprint density at radius 3 is 2.25 bits per heavy atom. The van der Waals surface area contributed by atoms with Gasteiger partial charge in [0.25, 0.3) is 12.3 Å². The van der Waals surface area contributed by atoms with Gasteiger partial charge in [0, 0.05) is 17.2 Å². The summed E-state index contributed by atoms with van der Waals surface area (Å²) in [5.41, 5.74) is 0.108. The number of halogens is 8. The monoisotopic (exact) mass is 514 g/mol. The van der Waals surface area contributed by atoms with E-state index in [1.165, 1.54) is 36.4 Å². The third-order valence-electron chi connectivity index (χ3n) is 4.81. The van der Waals surface area contributed by atoms with Crippen LogP contribution in [0, 0.1) is 5.92 Å². The van der Waals surface area contributed by atoms with Crippen molar-refractivity contribution in [2.75, 3.05) is 11.9 Å². The van der Waals surface area contributed by atoms with E-state index >= 15 is 0 Å². The lowest BCUT2D eigenvalue weighted by Crippen LogP contribution is -2.33. The molecule has 2 aromatic carbocycles. The lowest BCUT2D eigenvalue weighted by Gasteiger charge is -2.11. The van der Waals surface area contributed by atoms with E-state index in [1.54, 1.807) is 5.32 Å². The summed E-state index contributed by atoms with van der Waals surface area (Å²) >= 11 is 18.3. The van der Waals surface area contributed by atoms with Crippen LogP contribution in [0.2, 0.25) is 5.02 Å². The first-order valence-corrected chi connectivity index (χ1v) is 10.2. The molecule has 0 bridgehead atoms. The molecule has 2 N–H and O–H groups in total. The van der Waals surface area contributed by atoms with E-state index in [1.807, 2.05) is 0 Å². The second-order valence-corrected chi connectivity index (χ2v) is 8.93. The minimum absolute atomic E-state index is 0.0828. The highest BCUT2D eigenvalue weighted by Crippen LogP contribution is 2.65. The maximum Gasteiger partial charge on any atom is 0.405 e. The van der Waals surface area contributed by atoms with E-state index < -0.39 is 47.1 Å². The van der Waals surface area contributed by atoms with Gasteiger partial charge in [0.1, 0.15) is 10.9 Å². The van der Waals surface area contributed by atoms with E-state index in [-0.39, 0.29) is 21.8 Å². The second-order valence-electron chi connectivity index (χ2n) is 7.08. The summed E-state index contributed by atoms with van der Waals surface area (Å²) in [6, 6.07) is 8.94. The molecular weight excluding hydrogens is 502 g/mol. The van der Waals surface area contributed by atoms with E-state index in [4.69, 9.17) is 34.8 Å². The van der Waals surface area contributed by atoms with Gasteiger partial charge in [-0.15, -0.1) is 23.2 Å². The van der Waals surface area contributed by atoms with E-state index in [0.717, 1.165) is 6.07 Å². The number of amides is 2. The summed E-state index contributed by atoms with van der Waals surface area (Å²) in [5, 5.41) is 4.07. The van der Waals surface area contributed by atoms with Crippen LogP contribution in [0.3, 0.4) is 0 Å². The predicted octanol–water partition coefficient (Wildman–Crippen LogP) is 6.10. The molecular formula is C20H14Cl3F5N2O2. The van der Waals surface area contributed by atoms with Gasteiger partial charge in [-0.2, -0.15) is 13.2 Å². The number of nitrogens with one attached hydrogen (secondary N) is 2. The summed E-state index contributed by atoms with van der Waals surface area (Å²) in [6.07, 6.45) is -7.25. The van der Waals surface area contributed by atoms with E-state index in [9.17, 15) is 31.5 Å². The fourth-order valence-electron chi connectivity index (χ4n) is 3.19. The van der Waals surface area contributed by atoms with Crippen molar-refractivity contribution in [2.24, 2.45) is 5.92 Å². The lowest BCUT2D eigenvalue weighted by atomic mass is 10.1. The Morgan fingerprint density at radius 1 is 1.06 bits per heavy atom. The number of anilines is 1. The van der Waals surface area contributed by atoms with Crippen LogP contribution in [0.25, 0.3) is 0 Å². The Bertz CT molecular complexity index is 1030. The van der Waals surface area contributed by atoms with E-state index in [0.29, 0.717) is 5.56 Å². The number of carbonyl (C=O) groups is 2. The Hall–Kier alpha value is -2.10. The zero-order valence-corrected chi connectivity index (χ0v) is 18.1. The van der Waals surface area contributed by atoms with Crippen molar-refractivity contribution in [3.8, 4) is 0 Å². The van der Waals surface area contributed by atoms with Crippen molar-refractivity contribution < 1.29 is 31.5 Å². The predicted molar refractivity (Wildman–Crippen MR) is 111 cm³/mol. The van der Waals surface area contributed by atoms with Gasteiger partial charge >= 0.3 is 6.18 Å². The molecule has 2 amide bonds. The summed E-state index contributed by atoms with van der Waals surface area (Å²) in [7, 11) is 0. The summed E-state index contributed by atoms with van der Waals surface area (Å²) in [6.45, 7) is -1.55.